The average Bonchev–Trinajstić information content (AvgIpc) is 2.14. The van der Waals surface area contributed by atoms with E-state index in [1.165, 1.54) is 0 Å². The molecule has 0 bridgehead atoms. The van der Waals surface area contributed by atoms with Crippen LogP contribution in [-0.4, -0.2) is 36.5 Å². The number of aliphatic hydroxyl groups excluding tert-OH is 1. The highest BCUT2D eigenvalue weighted by molar-refractivity contribution is 4.78. The van der Waals surface area contributed by atoms with E-state index in [9.17, 15) is 0 Å². The second kappa shape index (κ2) is 5.58. The summed E-state index contributed by atoms with van der Waals surface area (Å²) < 4.78 is 5.45. The lowest BCUT2D eigenvalue weighted by Crippen LogP contribution is -2.44. The number of aliphatic hydroxyl groups is 1. The van der Waals surface area contributed by atoms with Crippen molar-refractivity contribution in [3.8, 4) is 0 Å². The summed E-state index contributed by atoms with van der Waals surface area (Å²) in [5.41, 5.74) is 0. The van der Waals surface area contributed by atoms with Crippen molar-refractivity contribution in [3.63, 3.8) is 0 Å². The lowest BCUT2D eigenvalue weighted by molar-refractivity contribution is 0.00958. The minimum atomic E-state index is 0.238. The molecule has 2 N–H and O–H groups in total. The van der Waals surface area contributed by atoms with E-state index in [1.54, 1.807) is 0 Å². The number of ether oxygens (including phenoxy) is 1. The van der Waals surface area contributed by atoms with Crippen LogP contribution in [0.3, 0.4) is 0 Å². The first-order valence-corrected chi connectivity index (χ1v) is 5.24. The van der Waals surface area contributed by atoms with E-state index in [-0.39, 0.29) is 12.6 Å². The normalized spacial score (nSPS) is 31.6. The molecule has 0 aromatic rings. The van der Waals surface area contributed by atoms with Crippen LogP contribution in [0, 0.1) is 0 Å². The van der Waals surface area contributed by atoms with Crippen molar-refractivity contribution in [2.45, 2.75) is 51.3 Å². The van der Waals surface area contributed by atoms with Gasteiger partial charge in [0.25, 0.3) is 0 Å². The second-order valence-electron chi connectivity index (χ2n) is 3.86. The van der Waals surface area contributed by atoms with Gasteiger partial charge in [-0.2, -0.15) is 0 Å². The zero-order valence-corrected chi connectivity index (χ0v) is 8.62. The second-order valence-corrected chi connectivity index (χ2v) is 3.86. The molecule has 0 aromatic carbocycles. The third-order valence-corrected chi connectivity index (χ3v) is 2.67. The van der Waals surface area contributed by atoms with Crippen LogP contribution in [0.2, 0.25) is 0 Å². The van der Waals surface area contributed by atoms with Crippen molar-refractivity contribution < 1.29 is 9.84 Å². The average molecular weight is 187 g/mol. The number of rotatable bonds is 4. The van der Waals surface area contributed by atoms with Crippen molar-refractivity contribution in [1.82, 2.24) is 5.32 Å². The Morgan fingerprint density at radius 3 is 2.92 bits per heavy atom. The van der Waals surface area contributed by atoms with Crippen LogP contribution in [0.25, 0.3) is 0 Å². The fourth-order valence-electron chi connectivity index (χ4n) is 1.78. The molecular formula is C10H21NO2. The molecule has 1 rings (SSSR count). The Morgan fingerprint density at radius 2 is 2.38 bits per heavy atom. The Balaban J connectivity index is 2.26. The molecule has 1 saturated heterocycles. The highest BCUT2D eigenvalue weighted by atomic mass is 16.5. The summed E-state index contributed by atoms with van der Waals surface area (Å²) in [6.45, 7) is 5.29. The molecule has 0 radical (unpaired) electrons. The van der Waals surface area contributed by atoms with Gasteiger partial charge < -0.3 is 15.2 Å². The number of hydrogen-bond acceptors (Lipinski definition) is 3. The van der Waals surface area contributed by atoms with E-state index in [0.29, 0.717) is 12.1 Å². The predicted octanol–water partition coefficient (Wildman–Crippen LogP) is 0.914. The van der Waals surface area contributed by atoms with Gasteiger partial charge in [-0.3, -0.25) is 0 Å². The summed E-state index contributed by atoms with van der Waals surface area (Å²) in [6, 6.07) is 0.788. The van der Waals surface area contributed by atoms with E-state index in [1.807, 2.05) is 0 Å². The summed E-state index contributed by atoms with van der Waals surface area (Å²) in [7, 11) is 0. The molecule has 13 heavy (non-hydrogen) atoms. The summed E-state index contributed by atoms with van der Waals surface area (Å²) in [6.07, 6.45) is 3.49. The maximum absolute atomic E-state index is 9.03. The van der Waals surface area contributed by atoms with E-state index in [4.69, 9.17) is 9.84 Å². The zero-order valence-electron chi connectivity index (χ0n) is 8.62. The van der Waals surface area contributed by atoms with Gasteiger partial charge in [0.1, 0.15) is 0 Å². The smallest absolute Gasteiger partial charge is 0.0584 e. The molecule has 0 spiro atoms. The minimum absolute atomic E-state index is 0.238. The third-order valence-electron chi connectivity index (χ3n) is 2.67. The third kappa shape index (κ3) is 3.63. The van der Waals surface area contributed by atoms with Crippen LogP contribution in [0.5, 0.6) is 0 Å². The predicted molar refractivity (Wildman–Crippen MR) is 52.7 cm³/mol. The van der Waals surface area contributed by atoms with Crippen LogP contribution < -0.4 is 5.32 Å². The molecule has 3 nitrogen and oxygen atoms in total. The van der Waals surface area contributed by atoms with Gasteiger partial charge in [-0.15, -0.1) is 0 Å². The largest absolute Gasteiger partial charge is 0.395 e. The first-order chi connectivity index (χ1) is 6.26. The Bertz CT molecular complexity index is 137. The maximum Gasteiger partial charge on any atom is 0.0584 e. The van der Waals surface area contributed by atoms with E-state index < -0.39 is 0 Å². The lowest BCUT2D eigenvalue weighted by atomic mass is 10.0. The maximum atomic E-state index is 9.03. The summed E-state index contributed by atoms with van der Waals surface area (Å²) >= 11 is 0. The first kappa shape index (κ1) is 11.0. The van der Waals surface area contributed by atoms with Crippen LogP contribution in [0.15, 0.2) is 0 Å². The van der Waals surface area contributed by atoms with E-state index in [0.717, 1.165) is 25.9 Å². The van der Waals surface area contributed by atoms with Gasteiger partial charge in [0.2, 0.25) is 0 Å². The molecule has 1 aliphatic rings. The Morgan fingerprint density at radius 1 is 1.62 bits per heavy atom. The highest BCUT2D eigenvalue weighted by Gasteiger charge is 2.20. The number of nitrogens with one attached hydrogen (secondary N) is 1. The van der Waals surface area contributed by atoms with Gasteiger partial charge in [0.15, 0.2) is 0 Å². The van der Waals surface area contributed by atoms with Gasteiger partial charge in [0.05, 0.1) is 12.7 Å². The molecule has 3 atom stereocenters. The van der Waals surface area contributed by atoms with Gasteiger partial charge in [-0.25, -0.2) is 0 Å². The van der Waals surface area contributed by atoms with Crippen molar-refractivity contribution in [2.24, 2.45) is 0 Å². The van der Waals surface area contributed by atoms with Crippen LogP contribution in [0.4, 0.5) is 0 Å². The quantitative estimate of drug-likeness (QED) is 0.687. The molecule has 0 saturated carbocycles. The monoisotopic (exact) mass is 187 g/mol. The molecule has 1 heterocycles. The zero-order chi connectivity index (χ0) is 9.68. The Labute approximate surface area is 80.5 Å². The Hall–Kier alpha value is -0.120. The van der Waals surface area contributed by atoms with Crippen LogP contribution in [-0.2, 0) is 4.74 Å². The fraction of sp³-hybridized carbons (Fsp3) is 1.00. The summed E-state index contributed by atoms with van der Waals surface area (Å²) in [4.78, 5) is 0. The van der Waals surface area contributed by atoms with Gasteiger partial charge >= 0.3 is 0 Å². The topological polar surface area (TPSA) is 41.5 Å². The van der Waals surface area contributed by atoms with Crippen molar-refractivity contribution >= 4 is 0 Å². The highest BCUT2D eigenvalue weighted by Crippen LogP contribution is 2.13. The molecule has 0 aliphatic carbocycles. The SMILES string of the molecule is CC[C@@H](CO)NC1CCOC(C)C1. The number of hydrogen-bond donors (Lipinski definition) is 2. The molecule has 3 heteroatoms. The fourth-order valence-corrected chi connectivity index (χ4v) is 1.78. The Kier molecular flexibility index (Phi) is 4.70. The van der Waals surface area contributed by atoms with Gasteiger partial charge in [0, 0.05) is 18.7 Å². The molecule has 78 valence electrons. The standard InChI is InChI=1S/C10H21NO2/c1-3-9(7-12)11-10-4-5-13-8(2)6-10/h8-12H,3-7H2,1-2H3/t8?,9-,10?/m0/s1. The van der Waals surface area contributed by atoms with Crippen LogP contribution in [0.1, 0.15) is 33.1 Å². The molecular weight excluding hydrogens is 166 g/mol. The van der Waals surface area contributed by atoms with Crippen LogP contribution >= 0.6 is 0 Å². The van der Waals surface area contributed by atoms with E-state index in [2.05, 4.69) is 19.2 Å². The minimum Gasteiger partial charge on any atom is -0.395 e. The summed E-state index contributed by atoms with van der Waals surface area (Å²) in [5, 5.41) is 12.5. The molecule has 1 aliphatic heterocycles. The van der Waals surface area contributed by atoms with Crippen molar-refractivity contribution in [1.29, 1.82) is 0 Å². The van der Waals surface area contributed by atoms with E-state index >= 15 is 0 Å². The molecule has 0 aromatic heterocycles. The lowest BCUT2D eigenvalue weighted by Gasteiger charge is -2.30. The first-order valence-electron chi connectivity index (χ1n) is 5.24. The van der Waals surface area contributed by atoms with Crippen molar-refractivity contribution in [3.05, 3.63) is 0 Å². The molecule has 0 amide bonds. The van der Waals surface area contributed by atoms with Crippen molar-refractivity contribution in [2.75, 3.05) is 13.2 Å². The van der Waals surface area contributed by atoms with Gasteiger partial charge in [-0.1, -0.05) is 6.92 Å². The summed E-state index contributed by atoms with van der Waals surface area (Å²) in [5.74, 6) is 0. The molecule has 2 unspecified atom stereocenters. The van der Waals surface area contributed by atoms with Gasteiger partial charge in [-0.05, 0) is 26.2 Å². The molecule has 1 fully saturated rings.